The van der Waals surface area contributed by atoms with Crippen molar-refractivity contribution in [3.63, 3.8) is 0 Å². The molecule has 3 aromatic heterocycles. The molecule has 0 aliphatic heterocycles. The Morgan fingerprint density at radius 1 is 1.20 bits per heavy atom. The molecule has 2 aromatic carbocycles. The number of thiazole rings is 1. The van der Waals surface area contributed by atoms with Crippen LogP contribution in [0.15, 0.2) is 78.8 Å². The number of aliphatic hydroxyl groups is 1. The Bertz CT molecular complexity index is 1680. The molecule has 0 radical (unpaired) electrons. The van der Waals surface area contributed by atoms with Crippen LogP contribution in [-0.2, 0) is 18.7 Å². The third-order valence-corrected chi connectivity index (χ3v) is 7.85. The zero-order chi connectivity index (χ0) is 28.3. The minimum atomic E-state index is -1.89. The maximum atomic E-state index is 15.1. The van der Waals surface area contributed by atoms with Crippen molar-refractivity contribution in [1.29, 1.82) is 5.26 Å². The average Bonchev–Trinajstić information content (AvgIpc) is 3.64. The van der Waals surface area contributed by atoms with E-state index in [0.29, 0.717) is 22.8 Å². The molecule has 2 atom stereocenters. The summed E-state index contributed by atoms with van der Waals surface area (Å²) in [6.45, 7) is 2.05. The van der Waals surface area contributed by atoms with Crippen LogP contribution in [0.4, 0.5) is 14.6 Å². The number of pyridine rings is 1. The molecule has 2 N–H and O–H groups in total. The molecule has 0 aliphatic carbocycles. The van der Waals surface area contributed by atoms with Gasteiger partial charge in [0.2, 0.25) is 6.33 Å². The summed E-state index contributed by atoms with van der Waals surface area (Å²) in [5.41, 5.74) is 0.867. The van der Waals surface area contributed by atoms with E-state index in [4.69, 9.17) is 10.2 Å². The Kier molecular flexibility index (Phi) is 7.64. The molecular formula is C29H26F2N7OS+. The highest BCUT2D eigenvalue weighted by Gasteiger charge is 2.43. The van der Waals surface area contributed by atoms with Gasteiger partial charge in [0.1, 0.15) is 29.6 Å². The van der Waals surface area contributed by atoms with Crippen LogP contribution in [0.3, 0.4) is 0 Å². The number of hydrogen-bond donors (Lipinski definition) is 2. The monoisotopic (exact) mass is 558 g/mol. The first-order valence-electron chi connectivity index (χ1n) is 12.5. The van der Waals surface area contributed by atoms with Gasteiger partial charge in [-0.2, -0.15) is 5.26 Å². The number of aromatic nitrogens is 5. The van der Waals surface area contributed by atoms with Crippen LogP contribution in [0.5, 0.6) is 0 Å². The lowest BCUT2D eigenvalue weighted by Gasteiger charge is -2.32. The summed E-state index contributed by atoms with van der Waals surface area (Å²) in [5, 5.41) is 31.0. The van der Waals surface area contributed by atoms with Crippen LogP contribution in [0, 0.1) is 23.0 Å². The molecule has 0 spiro atoms. The van der Waals surface area contributed by atoms with E-state index in [2.05, 4.69) is 21.5 Å². The molecule has 5 rings (SSSR count). The molecule has 5 aromatic rings. The predicted octanol–water partition coefficient (Wildman–Crippen LogP) is 4.62. The van der Waals surface area contributed by atoms with E-state index in [1.165, 1.54) is 16.0 Å². The third-order valence-electron chi connectivity index (χ3n) is 6.83. The van der Waals surface area contributed by atoms with Crippen molar-refractivity contribution >= 4 is 17.2 Å². The number of hydrogen-bond acceptors (Lipinski definition) is 7. The van der Waals surface area contributed by atoms with Crippen LogP contribution in [0.1, 0.15) is 34.5 Å². The first-order chi connectivity index (χ1) is 19.3. The Labute approximate surface area is 233 Å². The van der Waals surface area contributed by atoms with Gasteiger partial charge in [0.15, 0.2) is 0 Å². The lowest BCUT2D eigenvalue weighted by atomic mass is 9.82. The quantitative estimate of drug-likeness (QED) is 0.256. The van der Waals surface area contributed by atoms with Crippen molar-refractivity contribution in [2.24, 2.45) is 0 Å². The van der Waals surface area contributed by atoms with Crippen LogP contribution in [0.2, 0.25) is 0 Å². The van der Waals surface area contributed by atoms with Crippen LogP contribution >= 0.6 is 11.3 Å². The molecule has 3 heterocycles. The second-order valence-corrected chi connectivity index (χ2v) is 10.3. The first-order valence-corrected chi connectivity index (χ1v) is 13.4. The van der Waals surface area contributed by atoms with Crippen LogP contribution < -0.4 is 9.88 Å². The van der Waals surface area contributed by atoms with Gasteiger partial charge in [-0.15, -0.1) is 16.0 Å². The van der Waals surface area contributed by atoms with Crippen molar-refractivity contribution in [3.8, 4) is 17.3 Å². The number of nitriles is 1. The maximum absolute atomic E-state index is 15.1. The van der Waals surface area contributed by atoms with Crippen molar-refractivity contribution in [1.82, 2.24) is 19.7 Å². The number of rotatable bonds is 9. The second kappa shape index (κ2) is 11.3. The molecule has 0 fully saturated rings. The lowest BCUT2D eigenvalue weighted by molar-refractivity contribution is -0.689. The number of benzene rings is 2. The Balaban J connectivity index is 1.48. The number of halogens is 2. The minimum Gasteiger partial charge on any atom is -0.381 e. The number of nitrogens with zero attached hydrogens (tertiary/aromatic N) is 6. The molecule has 0 saturated carbocycles. The maximum Gasteiger partial charge on any atom is 0.265 e. The van der Waals surface area contributed by atoms with Gasteiger partial charge in [0.05, 0.1) is 28.9 Å². The summed E-state index contributed by atoms with van der Waals surface area (Å²) in [7, 11) is 1.79. The Hall–Kier alpha value is -4.53. The fourth-order valence-electron chi connectivity index (χ4n) is 4.59. The number of nitrogens with one attached hydrogen (secondary N) is 1. The van der Waals surface area contributed by atoms with Gasteiger partial charge in [-0.3, -0.25) is 0 Å². The zero-order valence-electron chi connectivity index (χ0n) is 21.8. The summed E-state index contributed by atoms with van der Waals surface area (Å²) in [6.07, 6.45) is 5.00. The highest BCUT2D eigenvalue weighted by Crippen LogP contribution is 2.41. The number of anilines is 1. The molecule has 202 valence electrons. The lowest BCUT2D eigenvalue weighted by Crippen LogP contribution is -2.39. The highest BCUT2D eigenvalue weighted by molar-refractivity contribution is 7.10. The van der Waals surface area contributed by atoms with Gasteiger partial charge in [-0.25, -0.2) is 23.3 Å². The standard InChI is InChI=1S/C29H26F2N7OS/c1-19(28-36-26(15-40-28)21-7-5-20(13-32)6-8-21)29(39,24-12-23(30)9-10-25(24)31)16-38-18-37(17-35-38)14-22-4-3-11-34-27(22)33-2/h3-12,15,17-19,39H,14,16H2,1-2H3,(H,33,34)/q+1/t19-,29+/m0/s1. The van der Waals surface area contributed by atoms with Gasteiger partial charge in [-0.1, -0.05) is 25.1 Å². The van der Waals surface area contributed by atoms with E-state index < -0.39 is 23.2 Å². The van der Waals surface area contributed by atoms with E-state index in [0.717, 1.165) is 35.1 Å². The molecule has 0 bridgehead atoms. The highest BCUT2D eigenvalue weighted by atomic mass is 32.1. The van der Waals surface area contributed by atoms with Gasteiger partial charge >= 0.3 is 0 Å². The fraction of sp³-hybridized carbons (Fsp3) is 0.207. The van der Waals surface area contributed by atoms with Gasteiger partial charge in [0.25, 0.3) is 6.33 Å². The van der Waals surface area contributed by atoms with Gasteiger partial charge in [-0.05, 0) is 36.4 Å². The van der Waals surface area contributed by atoms with E-state index >= 15 is 4.39 Å². The normalized spacial score (nSPS) is 13.4. The topological polar surface area (TPSA) is 104 Å². The van der Waals surface area contributed by atoms with E-state index in [-0.39, 0.29) is 12.1 Å². The summed E-state index contributed by atoms with van der Waals surface area (Å²) < 4.78 is 32.8. The zero-order valence-corrected chi connectivity index (χ0v) is 22.6. The Morgan fingerprint density at radius 2 is 2.00 bits per heavy atom. The van der Waals surface area contributed by atoms with Gasteiger partial charge in [0, 0.05) is 46.3 Å². The van der Waals surface area contributed by atoms with E-state index in [1.54, 1.807) is 57.1 Å². The predicted molar refractivity (Wildman–Crippen MR) is 146 cm³/mol. The molecule has 0 aliphatic rings. The largest absolute Gasteiger partial charge is 0.381 e. The fourth-order valence-corrected chi connectivity index (χ4v) is 5.56. The summed E-state index contributed by atoms with van der Waals surface area (Å²) >= 11 is 1.31. The molecule has 8 nitrogen and oxygen atoms in total. The van der Waals surface area contributed by atoms with Crippen molar-refractivity contribution in [3.05, 3.63) is 112 Å². The van der Waals surface area contributed by atoms with Crippen LogP contribution in [-0.4, -0.2) is 31.9 Å². The second-order valence-electron chi connectivity index (χ2n) is 9.41. The van der Waals surface area contributed by atoms with Gasteiger partial charge < -0.3 is 10.4 Å². The molecule has 0 amide bonds. The Morgan fingerprint density at radius 3 is 2.75 bits per heavy atom. The molecule has 0 saturated heterocycles. The molecule has 11 heteroatoms. The van der Waals surface area contributed by atoms with Crippen LogP contribution in [0.25, 0.3) is 11.3 Å². The summed E-state index contributed by atoms with van der Waals surface area (Å²) in [4.78, 5) is 9.03. The average molecular weight is 559 g/mol. The minimum absolute atomic E-state index is 0.154. The molecule has 40 heavy (non-hydrogen) atoms. The summed E-state index contributed by atoms with van der Waals surface area (Å²) in [6, 6.07) is 15.9. The SMILES string of the molecule is CNc1ncccc1C[n+]1cnn(C[C@](O)(c2cc(F)ccc2F)[C@@H](C)c2nc(-c3ccc(C#N)cc3)cs2)c1. The molecular weight excluding hydrogens is 532 g/mol. The third kappa shape index (κ3) is 5.45. The van der Waals surface area contributed by atoms with Crippen molar-refractivity contribution in [2.45, 2.75) is 31.5 Å². The molecule has 0 unspecified atom stereocenters. The first kappa shape index (κ1) is 27.1. The van der Waals surface area contributed by atoms with Crippen molar-refractivity contribution < 1.29 is 18.5 Å². The van der Waals surface area contributed by atoms with E-state index in [1.807, 2.05) is 22.1 Å². The smallest absolute Gasteiger partial charge is 0.265 e. The van der Waals surface area contributed by atoms with Crippen molar-refractivity contribution in [2.75, 3.05) is 12.4 Å². The summed E-state index contributed by atoms with van der Waals surface area (Å²) in [5.74, 6) is -1.39. The van der Waals surface area contributed by atoms with E-state index in [9.17, 15) is 9.50 Å².